The first-order valence-corrected chi connectivity index (χ1v) is 6.19. The van der Waals surface area contributed by atoms with E-state index in [9.17, 15) is 0 Å². The van der Waals surface area contributed by atoms with Crippen molar-refractivity contribution in [2.24, 2.45) is 0 Å². The highest BCUT2D eigenvalue weighted by atomic mass is 16.5. The van der Waals surface area contributed by atoms with Crippen LogP contribution in [0.15, 0.2) is 18.2 Å². The van der Waals surface area contributed by atoms with Crippen LogP contribution < -0.4 is 10.5 Å². The first-order chi connectivity index (χ1) is 8.72. The number of aromatic nitrogens is 3. The van der Waals surface area contributed by atoms with E-state index in [0.29, 0.717) is 5.88 Å². The zero-order valence-electron chi connectivity index (χ0n) is 10.4. The number of fused-ring (bicyclic) bond motifs is 1. The van der Waals surface area contributed by atoms with Gasteiger partial charge in [-0.2, -0.15) is 9.50 Å². The first kappa shape index (κ1) is 11.3. The molecule has 0 atom stereocenters. The molecule has 3 heterocycles. The average Bonchev–Trinajstić information content (AvgIpc) is 2.73. The van der Waals surface area contributed by atoms with Crippen molar-refractivity contribution in [3.05, 3.63) is 18.2 Å². The van der Waals surface area contributed by atoms with E-state index in [4.69, 9.17) is 10.5 Å². The maximum absolute atomic E-state index is 6.01. The molecule has 0 bridgehead atoms. The van der Waals surface area contributed by atoms with E-state index in [1.54, 1.807) is 4.52 Å². The Hall–Kier alpha value is -1.82. The molecule has 3 rings (SSSR count). The second-order valence-electron chi connectivity index (χ2n) is 4.72. The van der Waals surface area contributed by atoms with Gasteiger partial charge in [-0.05, 0) is 26.0 Å². The molecule has 0 unspecified atom stereocenters. The van der Waals surface area contributed by atoms with Crippen molar-refractivity contribution in [3.8, 4) is 5.88 Å². The maximum Gasteiger partial charge on any atom is 0.240 e. The standard InChI is InChI=1S/C12H17N5O/c1-16-7-5-9(6-8-16)18-11-4-2-3-10-14-12(13)15-17(10)11/h2-4,9H,5-8H2,1H3,(H2,13,15). The van der Waals surface area contributed by atoms with Gasteiger partial charge < -0.3 is 15.4 Å². The lowest BCUT2D eigenvalue weighted by molar-refractivity contribution is 0.107. The van der Waals surface area contributed by atoms with Crippen LogP contribution in [0.4, 0.5) is 5.95 Å². The van der Waals surface area contributed by atoms with Crippen molar-refractivity contribution >= 4 is 11.6 Å². The smallest absolute Gasteiger partial charge is 0.240 e. The van der Waals surface area contributed by atoms with Gasteiger partial charge in [0.2, 0.25) is 11.8 Å². The summed E-state index contributed by atoms with van der Waals surface area (Å²) in [4.78, 5) is 6.43. The molecule has 0 saturated carbocycles. The zero-order chi connectivity index (χ0) is 12.5. The van der Waals surface area contributed by atoms with Crippen molar-refractivity contribution in [1.82, 2.24) is 19.5 Å². The Morgan fingerprint density at radius 3 is 2.89 bits per heavy atom. The summed E-state index contributed by atoms with van der Waals surface area (Å²) in [6.45, 7) is 2.14. The van der Waals surface area contributed by atoms with Gasteiger partial charge in [-0.1, -0.05) is 6.07 Å². The molecule has 6 nitrogen and oxygen atoms in total. The largest absolute Gasteiger partial charge is 0.474 e. The van der Waals surface area contributed by atoms with Crippen molar-refractivity contribution in [2.45, 2.75) is 18.9 Å². The van der Waals surface area contributed by atoms with Gasteiger partial charge in [-0.3, -0.25) is 0 Å². The first-order valence-electron chi connectivity index (χ1n) is 6.19. The molecule has 0 amide bonds. The molecule has 6 heteroatoms. The quantitative estimate of drug-likeness (QED) is 0.849. The van der Waals surface area contributed by atoms with E-state index in [1.807, 2.05) is 18.2 Å². The Morgan fingerprint density at radius 2 is 2.11 bits per heavy atom. The third-order valence-electron chi connectivity index (χ3n) is 3.29. The molecular weight excluding hydrogens is 230 g/mol. The summed E-state index contributed by atoms with van der Waals surface area (Å²) in [5.74, 6) is 0.987. The van der Waals surface area contributed by atoms with Crippen LogP contribution >= 0.6 is 0 Å². The fraction of sp³-hybridized carbons (Fsp3) is 0.500. The molecule has 1 saturated heterocycles. The van der Waals surface area contributed by atoms with Crippen LogP contribution in [-0.4, -0.2) is 45.7 Å². The van der Waals surface area contributed by atoms with Crippen LogP contribution in [0.2, 0.25) is 0 Å². The molecule has 0 radical (unpaired) electrons. The Labute approximate surface area is 105 Å². The summed E-state index contributed by atoms with van der Waals surface area (Å²) in [5, 5.41) is 4.14. The number of ether oxygens (including phenoxy) is 1. The molecule has 0 aliphatic carbocycles. The van der Waals surface area contributed by atoms with Crippen molar-refractivity contribution < 1.29 is 4.74 Å². The fourth-order valence-corrected chi connectivity index (χ4v) is 2.26. The molecule has 1 fully saturated rings. The van der Waals surface area contributed by atoms with Crippen LogP contribution in [0.5, 0.6) is 5.88 Å². The van der Waals surface area contributed by atoms with Crippen molar-refractivity contribution in [2.75, 3.05) is 25.9 Å². The molecule has 1 aliphatic rings. The Balaban J connectivity index is 1.82. The fourth-order valence-electron chi connectivity index (χ4n) is 2.26. The van der Waals surface area contributed by atoms with Crippen molar-refractivity contribution in [1.29, 1.82) is 0 Å². The monoisotopic (exact) mass is 247 g/mol. The van der Waals surface area contributed by atoms with E-state index in [2.05, 4.69) is 22.0 Å². The summed E-state index contributed by atoms with van der Waals surface area (Å²) >= 11 is 0. The number of likely N-dealkylation sites (tertiary alicyclic amines) is 1. The third-order valence-corrected chi connectivity index (χ3v) is 3.29. The number of piperidine rings is 1. The Morgan fingerprint density at radius 1 is 1.33 bits per heavy atom. The molecule has 2 aromatic rings. The maximum atomic E-state index is 6.01. The number of anilines is 1. The molecule has 1 aliphatic heterocycles. The van der Waals surface area contributed by atoms with E-state index in [0.717, 1.165) is 31.6 Å². The normalized spacial score (nSPS) is 18.3. The van der Waals surface area contributed by atoms with E-state index >= 15 is 0 Å². The lowest BCUT2D eigenvalue weighted by Crippen LogP contribution is -2.35. The van der Waals surface area contributed by atoms with Crippen LogP contribution in [0.25, 0.3) is 5.65 Å². The number of nitrogens with zero attached hydrogens (tertiary/aromatic N) is 4. The predicted octanol–water partition coefficient (Wildman–Crippen LogP) is 0.784. The highest BCUT2D eigenvalue weighted by Crippen LogP contribution is 2.19. The van der Waals surface area contributed by atoms with Crippen LogP contribution in [0, 0.1) is 0 Å². The lowest BCUT2D eigenvalue weighted by Gasteiger charge is -2.29. The van der Waals surface area contributed by atoms with E-state index < -0.39 is 0 Å². The highest BCUT2D eigenvalue weighted by molar-refractivity contribution is 5.44. The lowest BCUT2D eigenvalue weighted by atomic mass is 10.1. The SMILES string of the molecule is CN1CCC(Oc2cccc3nc(N)nn23)CC1. The number of nitrogens with two attached hydrogens (primary N) is 1. The van der Waals surface area contributed by atoms with Crippen molar-refractivity contribution in [3.63, 3.8) is 0 Å². The molecule has 18 heavy (non-hydrogen) atoms. The summed E-state index contributed by atoms with van der Waals surface area (Å²) < 4.78 is 7.67. The molecule has 2 aromatic heterocycles. The number of rotatable bonds is 2. The van der Waals surface area contributed by atoms with Gasteiger partial charge in [0.25, 0.3) is 0 Å². The summed E-state index contributed by atoms with van der Waals surface area (Å²) in [6.07, 6.45) is 2.32. The minimum atomic E-state index is 0.247. The minimum Gasteiger partial charge on any atom is -0.474 e. The molecule has 96 valence electrons. The molecular formula is C12H17N5O. The van der Waals surface area contributed by atoms with E-state index in [-0.39, 0.29) is 12.1 Å². The van der Waals surface area contributed by atoms with Gasteiger partial charge in [-0.15, -0.1) is 5.10 Å². The summed E-state index contributed by atoms with van der Waals surface area (Å²) in [6, 6.07) is 5.68. The summed E-state index contributed by atoms with van der Waals surface area (Å²) in [5.41, 5.74) is 6.33. The number of pyridine rings is 1. The predicted molar refractivity (Wildman–Crippen MR) is 68.5 cm³/mol. The molecule has 0 aromatic carbocycles. The van der Waals surface area contributed by atoms with Gasteiger partial charge >= 0.3 is 0 Å². The molecule has 2 N–H and O–H groups in total. The number of hydrogen-bond acceptors (Lipinski definition) is 5. The van der Waals surface area contributed by atoms with Crippen LogP contribution in [0.3, 0.4) is 0 Å². The molecule has 0 spiro atoms. The number of hydrogen-bond donors (Lipinski definition) is 1. The van der Waals surface area contributed by atoms with E-state index in [1.165, 1.54) is 0 Å². The Kier molecular flexibility index (Phi) is 2.79. The summed E-state index contributed by atoms with van der Waals surface area (Å²) in [7, 11) is 2.13. The second-order valence-corrected chi connectivity index (χ2v) is 4.72. The van der Waals surface area contributed by atoms with Gasteiger partial charge in [0, 0.05) is 19.2 Å². The van der Waals surface area contributed by atoms with Gasteiger partial charge in [0.15, 0.2) is 5.65 Å². The third kappa shape index (κ3) is 2.11. The van der Waals surface area contributed by atoms with Gasteiger partial charge in [0.1, 0.15) is 6.10 Å². The zero-order valence-corrected chi connectivity index (χ0v) is 10.4. The van der Waals surface area contributed by atoms with Gasteiger partial charge in [-0.25, -0.2) is 0 Å². The topological polar surface area (TPSA) is 68.7 Å². The minimum absolute atomic E-state index is 0.247. The Bertz CT molecular complexity index is 544. The average molecular weight is 247 g/mol. The van der Waals surface area contributed by atoms with Crippen LogP contribution in [-0.2, 0) is 0 Å². The highest BCUT2D eigenvalue weighted by Gasteiger charge is 2.19. The van der Waals surface area contributed by atoms with Crippen LogP contribution in [0.1, 0.15) is 12.8 Å². The number of nitrogen functional groups attached to an aromatic ring is 1. The second kappa shape index (κ2) is 4.45. The van der Waals surface area contributed by atoms with Gasteiger partial charge in [0.05, 0.1) is 0 Å².